The summed E-state index contributed by atoms with van der Waals surface area (Å²) in [5.74, 6) is 0.402. The minimum Gasteiger partial charge on any atom is -0.485 e. The Morgan fingerprint density at radius 3 is 2.68 bits per heavy atom. The van der Waals surface area contributed by atoms with Gasteiger partial charge in [0, 0.05) is 5.69 Å². The van der Waals surface area contributed by atoms with Gasteiger partial charge in [0.15, 0.2) is 11.5 Å². The average molecular weight is 341 g/mol. The van der Waals surface area contributed by atoms with Gasteiger partial charge in [-0.05, 0) is 43.7 Å². The van der Waals surface area contributed by atoms with Crippen LogP contribution in [-0.2, 0) is 9.53 Å². The van der Waals surface area contributed by atoms with Gasteiger partial charge < -0.3 is 19.5 Å². The van der Waals surface area contributed by atoms with E-state index in [-0.39, 0.29) is 12.5 Å². The summed E-state index contributed by atoms with van der Waals surface area (Å²) in [6, 6.07) is 12.3. The molecule has 6 nitrogen and oxygen atoms in total. The third-order valence-corrected chi connectivity index (χ3v) is 3.89. The van der Waals surface area contributed by atoms with E-state index in [1.165, 1.54) is 0 Å². The van der Waals surface area contributed by atoms with Gasteiger partial charge in [-0.2, -0.15) is 0 Å². The topological polar surface area (TPSA) is 73.9 Å². The van der Waals surface area contributed by atoms with Crippen molar-refractivity contribution in [2.24, 2.45) is 0 Å². The first-order chi connectivity index (χ1) is 12.1. The molecule has 1 aliphatic rings. The normalized spacial score (nSPS) is 15.4. The summed E-state index contributed by atoms with van der Waals surface area (Å²) in [5, 5.41) is 2.80. The molecular formula is C19H19NO5. The van der Waals surface area contributed by atoms with Gasteiger partial charge in [0.05, 0.1) is 12.2 Å². The lowest BCUT2D eigenvalue weighted by atomic mass is 10.1. The Morgan fingerprint density at radius 1 is 1.16 bits per heavy atom. The number of amides is 1. The van der Waals surface area contributed by atoms with Gasteiger partial charge in [-0.15, -0.1) is 0 Å². The SMILES string of the molecule is CCOC(=O)c1cccc(NC(=O)[C@@H]2COc3ccccc3O2)c1C. The zero-order valence-electron chi connectivity index (χ0n) is 14.1. The summed E-state index contributed by atoms with van der Waals surface area (Å²) in [5.41, 5.74) is 1.61. The fraction of sp³-hybridized carbons (Fsp3) is 0.263. The van der Waals surface area contributed by atoms with E-state index >= 15 is 0 Å². The molecule has 0 unspecified atom stereocenters. The van der Waals surface area contributed by atoms with Crippen molar-refractivity contribution in [1.29, 1.82) is 0 Å². The second-order valence-corrected chi connectivity index (χ2v) is 5.55. The van der Waals surface area contributed by atoms with Crippen molar-refractivity contribution >= 4 is 17.6 Å². The van der Waals surface area contributed by atoms with Gasteiger partial charge in [0.25, 0.3) is 5.91 Å². The number of nitrogens with one attached hydrogen (secondary N) is 1. The number of esters is 1. The number of carbonyl (C=O) groups is 2. The third kappa shape index (κ3) is 3.57. The van der Waals surface area contributed by atoms with Gasteiger partial charge >= 0.3 is 5.97 Å². The molecule has 3 rings (SSSR count). The second-order valence-electron chi connectivity index (χ2n) is 5.55. The Bertz CT molecular complexity index is 802. The highest BCUT2D eigenvalue weighted by Crippen LogP contribution is 2.31. The fourth-order valence-electron chi connectivity index (χ4n) is 2.56. The third-order valence-electron chi connectivity index (χ3n) is 3.89. The number of anilines is 1. The van der Waals surface area contributed by atoms with Crippen LogP contribution in [0.3, 0.4) is 0 Å². The van der Waals surface area contributed by atoms with Gasteiger partial charge in [0.1, 0.15) is 6.61 Å². The minimum absolute atomic E-state index is 0.124. The molecule has 6 heteroatoms. The molecule has 0 aliphatic carbocycles. The van der Waals surface area contributed by atoms with Gasteiger partial charge in [-0.3, -0.25) is 4.79 Å². The predicted octanol–water partition coefficient (Wildman–Crippen LogP) is 2.95. The molecule has 1 heterocycles. The molecule has 2 aromatic carbocycles. The van der Waals surface area contributed by atoms with Crippen LogP contribution >= 0.6 is 0 Å². The van der Waals surface area contributed by atoms with Gasteiger partial charge in [0.2, 0.25) is 6.10 Å². The van der Waals surface area contributed by atoms with Crippen molar-refractivity contribution in [3.05, 3.63) is 53.6 Å². The monoisotopic (exact) mass is 341 g/mol. The van der Waals surface area contributed by atoms with E-state index in [9.17, 15) is 9.59 Å². The fourth-order valence-corrected chi connectivity index (χ4v) is 2.56. The molecule has 0 spiro atoms. The van der Waals surface area contributed by atoms with E-state index in [4.69, 9.17) is 14.2 Å². The Morgan fingerprint density at radius 2 is 1.92 bits per heavy atom. The average Bonchev–Trinajstić information content (AvgIpc) is 2.63. The molecule has 1 aliphatic heterocycles. The lowest BCUT2D eigenvalue weighted by molar-refractivity contribution is -0.125. The molecule has 1 atom stereocenters. The van der Waals surface area contributed by atoms with Crippen molar-refractivity contribution in [2.75, 3.05) is 18.5 Å². The van der Waals surface area contributed by atoms with Crippen LogP contribution in [0.2, 0.25) is 0 Å². The summed E-state index contributed by atoms with van der Waals surface area (Å²) in [7, 11) is 0. The number of para-hydroxylation sites is 2. The first-order valence-corrected chi connectivity index (χ1v) is 8.06. The molecule has 0 fully saturated rings. The van der Waals surface area contributed by atoms with Crippen LogP contribution in [0.4, 0.5) is 5.69 Å². The molecule has 1 N–H and O–H groups in total. The van der Waals surface area contributed by atoms with Crippen LogP contribution in [0.5, 0.6) is 11.5 Å². The summed E-state index contributed by atoms with van der Waals surface area (Å²) >= 11 is 0. The maximum atomic E-state index is 12.5. The van der Waals surface area contributed by atoms with E-state index in [2.05, 4.69) is 5.32 Å². The van der Waals surface area contributed by atoms with Gasteiger partial charge in [-0.25, -0.2) is 4.79 Å². The first-order valence-electron chi connectivity index (χ1n) is 8.06. The second kappa shape index (κ2) is 7.25. The van der Waals surface area contributed by atoms with E-state index in [0.29, 0.717) is 34.9 Å². The molecule has 25 heavy (non-hydrogen) atoms. The van der Waals surface area contributed by atoms with Crippen LogP contribution in [-0.4, -0.2) is 31.2 Å². The Kier molecular flexibility index (Phi) is 4.88. The van der Waals surface area contributed by atoms with Crippen LogP contribution in [0.15, 0.2) is 42.5 Å². The number of fused-ring (bicyclic) bond motifs is 1. The number of hydrogen-bond acceptors (Lipinski definition) is 5. The molecule has 2 aromatic rings. The standard InChI is InChI=1S/C19H19NO5/c1-3-23-19(22)13-7-6-8-14(12(13)2)20-18(21)17-11-24-15-9-4-5-10-16(15)25-17/h4-10,17H,3,11H2,1-2H3,(H,20,21)/t17-/m0/s1. The van der Waals surface area contributed by atoms with Crippen molar-refractivity contribution in [3.8, 4) is 11.5 Å². The molecular weight excluding hydrogens is 322 g/mol. The lowest BCUT2D eigenvalue weighted by Gasteiger charge is -2.25. The first kappa shape index (κ1) is 16.8. The van der Waals surface area contributed by atoms with Crippen molar-refractivity contribution in [1.82, 2.24) is 0 Å². The number of rotatable bonds is 4. The number of benzene rings is 2. The number of hydrogen-bond donors (Lipinski definition) is 1. The highest BCUT2D eigenvalue weighted by atomic mass is 16.6. The summed E-state index contributed by atoms with van der Waals surface area (Å²) in [6.07, 6.45) is -0.763. The van der Waals surface area contributed by atoms with Gasteiger partial charge in [-0.1, -0.05) is 18.2 Å². The summed E-state index contributed by atoms with van der Waals surface area (Å²) in [6.45, 7) is 3.92. The summed E-state index contributed by atoms with van der Waals surface area (Å²) < 4.78 is 16.3. The smallest absolute Gasteiger partial charge is 0.338 e. The zero-order chi connectivity index (χ0) is 17.8. The highest BCUT2D eigenvalue weighted by Gasteiger charge is 2.28. The zero-order valence-corrected chi connectivity index (χ0v) is 14.1. The van der Waals surface area contributed by atoms with Crippen LogP contribution in [0.1, 0.15) is 22.8 Å². The molecule has 130 valence electrons. The Hall–Kier alpha value is -3.02. The Balaban J connectivity index is 1.74. The van der Waals surface area contributed by atoms with E-state index in [0.717, 1.165) is 0 Å². The van der Waals surface area contributed by atoms with Crippen molar-refractivity contribution < 1.29 is 23.8 Å². The van der Waals surface area contributed by atoms with Crippen LogP contribution < -0.4 is 14.8 Å². The molecule has 0 saturated heterocycles. The quantitative estimate of drug-likeness (QED) is 0.866. The molecule has 0 aromatic heterocycles. The van der Waals surface area contributed by atoms with Crippen LogP contribution in [0.25, 0.3) is 0 Å². The van der Waals surface area contributed by atoms with E-state index in [1.807, 2.05) is 12.1 Å². The minimum atomic E-state index is -0.763. The highest BCUT2D eigenvalue weighted by molar-refractivity contribution is 5.98. The molecule has 0 radical (unpaired) electrons. The summed E-state index contributed by atoms with van der Waals surface area (Å²) in [4.78, 5) is 24.5. The molecule has 0 bridgehead atoms. The van der Waals surface area contributed by atoms with E-state index < -0.39 is 12.1 Å². The van der Waals surface area contributed by atoms with E-state index in [1.54, 1.807) is 44.2 Å². The molecule has 0 saturated carbocycles. The maximum absolute atomic E-state index is 12.5. The predicted molar refractivity (Wildman–Crippen MR) is 92.1 cm³/mol. The molecule has 1 amide bonds. The van der Waals surface area contributed by atoms with Crippen molar-refractivity contribution in [2.45, 2.75) is 20.0 Å². The lowest BCUT2D eigenvalue weighted by Crippen LogP contribution is -2.40. The number of ether oxygens (including phenoxy) is 3. The largest absolute Gasteiger partial charge is 0.485 e. The van der Waals surface area contributed by atoms with Crippen LogP contribution in [0, 0.1) is 6.92 Å². The maximum Gasteiger partial charge on any atom is 0.338 e. The Labute approximate surface area is 145 Å². The van der Waals surface area contributed by atoms with Crippen molar-refractivity contribution in [3.63, 3.8) is 0 Å². The number of carbonyl (C=O) groups excluding carboxylic acids is 2.